The van der Waals surface area contributed by atoms with Crippen LogP contribution in [0.3, 0.4) is 0 Å². The van der Waals surface area contributed by atoms with E-state index < -0.39 is 23.8 Å². The summed E-state index contributed by atoms with van der Waals surface area (Å²) >= 11 is 0. The highest BCUT2D eigenvalue weighted by Crippen LogP contribution is 2.24. The van der Waals surface area contributed by atoms with Crippen LogP contribution in [0.25, 0.3) is 0 Å². The van der Waals surface area contributed by atoms with Crippen molar-refractivity contribution in [3.8, 4) is 0 Å². The molecule has 0 radical (unpaired) electrons. The first kappa shape index (κ1) is 13.9. The number of rotatable bonds is 2. The first-order chi connectivity index (χ1) is 8.54. The van der Waals surface area contributed by atoms with Crippen LogP contribution >= 0.6 is 0 Å². The summed E-state index contributed by atoms with van der Waals surface area (Å²) in [6, 6.07) is 5.17. The molecule has 96 valence electrons. The van der Waals surface area contributed by atoms with Gasteiger partial charge in [-0.05, 0) is 19.1 Å². The fourth-order valence-corrected chi connectivity index (χ4v) is 1.67. The Balaban J connectivity index is 0.000000771. The van der Waals surface area contributed by atoms with Crippen LogP contribution in [0.1, 0.15) is 41.5 Å². The number of carboxylic acid groups (broad SMARTS) is 1. The van der Waals surface area contributed by atoms with Gasteiger partial charge < -0.3 is 5.11 Å². The smallest absolute Gasteiger partial charge is 0.326 e. The molecule has 1 aromatic rings. The van der Waals surface area contributed by atoms with E-state index in [2.05, 4.69) is 0 Å². The van der Waals surface area contributed by atoms with Crippen LogP contribution in [0.5, 0.6) is 0 Å². The molecule has 0 fully saturated rings. The van der Waals surface area contributed by atoms with E-state index in [9.17, 15) is 14.4 Å². The number of nitrogens with zero attached hydrogens (tertiary/aromatic N) is 1. The van der Waals surface area contributed by atoms with Crippen molar-refractivity contribution in [2.45, 2.75) is 26.8 Å². The molecule has 1 unspecified atom stereocenters. The molecular formula is C13H15NO4. The van der Waals surface area contributed by atoms with Gasteiger partial charge >= 0.3 is 5.97 Å². The molecule has 1 N–H and O–H groups in total. The third-order valence-corrected chi connectivity index (χ3v) is 2.57. The fourth-order valence-electron chi connectivity index (χ4n) is 1.67. The number of hydrogen-bond donors (Lipinski definition) is 1. The predicted octanol–water partition coefficient (Wildman–Crippen LogP) is 1.78. The van der Waals surface area contributed by atoms with Crippen LogP contribution < -0.4 is 0 Å². The molecule has 0 saturated heterocycles. The quantitative estimate of drug-likeness (QED) is 0.811. The molecule has 1 aromatic carbocycles. The third kappa shape index (κ3) is 2.11. The van der Waals surface area contributed by atoms with E-state index in [1.807, 2.05) is 13.8 Å². The Morgan fingerprint density at radius 1 is 1.11 bits per heavy atom. The zero-order valence-corrected chi connectivity index (χ0v) is 10.5. The van der Waals surface area contributed by atoms with Gasteiger partial charge in [-0.3, -0.25) is 14.5 Å². The van der Waals surface area contributed by atoms with Gasteiger partial charge in [-0.15, -0.1) is 0 Å². The Bertz CT molecular complexity index is 461. The highest BCUT2D eigenvalue weighted by molar-refractivity contribution is 6.22. The Labute approximate surface area is 105 Å². The minimum Gasteiger partial charge on any atom is -0.480 e. The molecule has 1 heterocycles. The van der Waals surface area contributed by atoms with Crippen LogP contribution in [0, 0.1) is 0 Å². The minimum atomic E-state index is -1.20. The van der Waals surface area contributed by atoms with Gasteiger partial charge in [0.15, 0.2) is 0 Å². The standard InChI is InChI=1S/C11H9NO4.C2H6/c1-6(11(15)16)12-9(13)7-4-2-3-5-8(7)10(12)14;1-2/h2-6H,1H3,(H,15,16);1-2H3. The number of imide groups is 1. The lowest BCUT2D eigenvalue weighted by molar-refractivity contribution is -0.140. The number of carboxylic acids is 1. The van der Waals surface area contributed by atoms with Crippen LogP contribution in [0.2, 0.25) is 0 Å². The molecule has 0 bridgehead atoms. The van der Waals surface area contributed by atoms with Gasteiger partial charge in [0.2, 0.25) is 0 Å². The summed E-state index contributed by atoms with van der Waals surface area (Å²) in [6.07, 6.45) is 0. The van der Waals surface area contributed by atoms with Crippen molar-refractivity contribution >= 4 is 17.8 Å². The molecule has 1 aliphatic rings. The lowest BCUT2D eigenvalue weighted by Gasteiger charge is -2.17. The van der Waals surface area contributed by atoms with Crippen molar-refractivity contribution in [2.24, 2.45) is 0 Å². The first-order valence-electron chi connectivity index (χ1n) is 5.73. The maximum absolute atomic E-state index is 11.8. The molecule has 1 aliphatic heterocycles. The lowest BCUT2D eigenvalue weighted by Crippen LogP contribution is -2.42. The van der Waals surface area contributed by atoms with E-state index in [-0.39, 0.29) is 11.1 Å². The summed E-state index contributed by atoms with van der Waals surface area (Å²) in [6.45, 7) is 5.31. The summed E-state index contributed by atoms with van der Waals surface area (Å²) in [5, 5.41) is 8.81. The number of fused-ring (bicyclic) bond motifs is 1. The number of hydrogen-bond acceptors (Lipinski definition) is 3. The molecule has 2 amide bonds. The fraction of sp³-hybridized carbons (Fsp3) is 0.308. The zero-order chi connectivity index (χ0) is 13.9. The van der Waals surface area contributed by atoms with Gasteiger partial charge in [0.1, 0.15) is 6.04 Å². The number of carbonyl (C=O) groups is 3. The number of aliphatic carboxylic acids is 1. The van der Waals surface area contributed by atoms with Crippen LogP contribution in [-0.2, 0) is 4.79 Å². The van der Waals surface area contributed by atoms with E-state index in [4.69, 9.17) is 5.11 Å². The Morgan fingerprint density at radius 3 is 1.83 bits per heavy atom. The molecular weight excluding hydrogens is 234 g/mol. The van der Waals surface area contributed by atoms with Crippen molar-refractivity contribution in [3.05, 3.63) is 35.4 Å². The molecule has 0 saturated carbocycles. The van der Waals surface area contributed by atoms with Crippen molar-refractivity contribution in [3.63, 3.8) is 0 Å². The molecule has 5 nitrogen and oxygen atoms in total. The zero-order valence-electron chi connectivity index (χ0n) is 10.5. The Hall–Kier alpha value is -2.17. The topological polar surface area (TPSA) is 74.7 Å². The lowest BCUT2D eigenvalue weighted by atomic mass is 10.1. The summed E-state index contributed by atoms with van der Waals surface area (Å²) in [4.78, 5) is 35.1. The molecule has 0 aromatic heterocycles. The van der Waals surface area contributed by atoms with Gasteiger partial charge in [-0.1, -0.05) is 26.0 Å². The Morgan fingerprint density at radius 2 is 1.50 bits per heavy atom. The van der Waals surface area contributed by atoms with E-state index in [1.165, 1.54) is 19.1 Å². The molecule has 1 atom stereocenters. The number of amides is 2. The summed E-state index contributed by atoms with van der Waals surface area (Å²) in [5.41, 5.74) is 0.529. The van der Waals surface area contributed by atoms with Crippen molar-refractivity contribution in [1.29, 1.82) is 0 Å². The summed E-state index contributed by atoms with van der Waals surface area (Å²) in [7, 11) is 0. The third-order valence-electron chi connectivity index (χ3n) is 2.57. The maximum Gasteiger partial charge on any atom is 0.326 e. The molecule has 18 heavy (non-hydrogen) atoms. The van der Waals surface area contributed by atoms with Gasteiger partial charge in [0.25, 0.3) is 11.8 Å². The SMILES string of the molecule is CC.CC(C(=O)O)N1C(=O)c2ccccc2C1=O. The second-order valence-corrected chi connectivity index (χ2v) is 3.54. The molecule has 2 rings (SSSR count). The van der Waals surface area contributed by atoms with Crippen LogP contribution in [0.15, 0.2) is 24.3 Å². The van der Waals surface area contributed by atoms with Crippen molar-refractivity contribution < 1.29 is 19.5 Å². The van der Waals surface area contributed by atoms with Gasteiger partial charge in [-0.2, -0.15) is 0 Å². The highest BCUT2D eigenvalue weighted by atomic mass is 16.4. The van der Waals surface area contributed by atoms with Crippen LogP contribution in [0.4, 0.5) is 0 Å². The van der Waals surface area contributed by atoms with Gasteiger partial charge in [0.05, 0.1) is 11.1 Å². The van der Waals surface area contributed by atoms with E-state index in [1.54, 1.807) is 12.1 Å². The van der Waals surface area contributed by atoms with E-state index in [0.29, 0.717) is 0 Å². The normalized spacial score (nSPS) is 14.7. The van der Waals surface area contributed by atoms with Gasteiger partial charge in [-0.25, -0.2) is 4.79 Å². The highest BCUT2D eigenvalue weighted by Gasteiger charge is 2.40. The monoisotopic (exact) mass is 249 g/mol. The minimum absolute atomic E-state index is 0.264. The summed E-state index contributed by atoms with van der Waals surface area (Å²) < 4.78 is 0. The predicted molar refractivity (Wildman–Crippen MR) is 65.4 cm³/mol. The maximum atomic E-state index is 11.8. The van der Waals surface area contributed by atoms with E-state index in [0.717, 1.165) is 4.90 Å². The molecule has 0 aliphatic carbocycles. The summed E-state index contributed by atoms with van der Waals surface area (Å²) in [5.74, 6) is -2.29. The second-order valence-electron chi connectivity index (χ2n) is 3.54. The second kappa shape index (κ2) is 5.44. The average molecular weight is 249 g/mol. The number of benzene rings is 1. The van der Waals surface area contributed by atoms with Crippen LogP contribution in [-0.4, -0.2) is 33.8 Å². The average Bonchev–Trinajstić information content (AvgIpc) is 2.64. The molecule has 5 heteroatoms. The van der Waals surface area contributed by atoms with Crippen molar-refractivity contribution in [2.75, 3.05) is 0 Å². The van der Waals surface area contributed by atoms with Crippen molar-refractivity contribution in [1.82, 2.24) is 4.90 Å². The Kier molecular flexibility index (Phi) is 4.20. The van der Waals surface area contributed by atoms with Gasteiger partial charge in [0, 0.05) is 0 Å². The number of carbonyl (C=O) groups excluding carboxylic acids is 2. The molecule has 0 spiro atoms. The largest absolute Gasteiger partial charge is 0.480 e. The first-order valence-corrected chi connectivity index (χ1v) is 5.73. The van der Waals surface area contributed by atoms with E-state index >= 15 is 0 Å².